The predicted molar refractivity (Wildman–Crippen MR) is 266 cm³/mol. The van der Waals surface area contributed by atoms with E-state index in [1.165, 1.54) is 83.4 Å². The van der Waals surface area contributed by atoms with Crippen molar-refractivity contribution in [3.63, 3.8) is 0 Å². The van der Waals surface area contributed by atoms with Crippen molar-refractivity contribution in [2.45, 2.75) is 78.6 Å². The molecule has 11 rings (SSSR count). The van der Waals surface area contributed by atoms with Gasteiger partial charge >= 0.3 is 6.85 Å². The van der Waals surface area contributed by atoms with Crippen molar-refractivity contribution in [2.75, 3.05) is 9.71 Å². The van der Waals surface area contributed by atoms with E-state index in [2.05, 4.69) is 230 Å². The van der Waals surface area contributed by atoms with Gasteiger partial charge in [0.05, 0.1) is 16.8 Å². The van der Waals surface area contributed by atoms with Crippen molar-refractivity contribution in [1.29, 1.82) is 0 Å². The Balaban J connectivity index is 1.33. The molecule has 9 aromatic rings. The molecule has 0 N–H and O–H groups in total. The van der Waals surface area contributed by atoms with Gasteiger partial charge in [-0.25, -0.2) is 0 Å². The topological polar surface area (TPSA) is 19.6 Å². The van der Waals surface area contributed by atoms with Crippen LogP contribution in [0.1, 0.15) is 79.0 Å². The monoisotopic (exact) mass is 804 g/mol. The highest BCUT2D eigenvalue weighted by Gasteiger charge is 2.47. The maximum absolute atomic E-state index is 6.77. The Kier molecular flexibility index (Phi) is 8.36. The summed E-state index contributed by atoms with van der Waals surface area (Å²) >= 11 is 0. The predicted octanol–water partition coefficient (Wildman–Crippen LogP) is 15.0. The van der Waals surface area contributed by atoms with Gasteiger partial charge in [-0.3, -0.25) is 0 Å². The Morgan fingerprint density at radius 3 is 1.82 bits per heavy atom. The molecule has 3 heterocycles. The molecule has 2 aliphatic rings. The summed E-state index contributed by atoms with van der Waals surface area (Å²) in [4.78, 5) is 5.26. The third kappa shape index (κ3) is 5.87. The molecule has 3 nitrogen and oxygen atoms in total. The van der Waals surface area contributed by atoms with Gasteiger partial charge in [0.15, 0.2) is 0 Å². The van der Waals surface area contributed by atoms with E-state index < -0.39 is 0 Å². The molecule has 0 aliphatic carbocycles. The molecule has 62 heavy (non-hydrogen) atoms. The van der Waals surface area contributed by atoms with Crippen molar-refractivity contribution in [3.8, 4) is 22.3 Å². The molecule has 304 valence electrons. The molecular formula is C58H53BN2O. The summed E-state index contributed by atoms with van der Waals surface area (Å²) in [5.41, 5.74) is 19.1. The Hall–Kier alpha value is -6.52. The minimum absolute atomic E-state index is 0.0291. The Bertz CT molecular complexity index is 3250. The largest absolute Gasteiger partial charge is 0.456 e. The maximum atomic E-state index is 6.77. The number of hydrogen-bond acceptors (Lipinski definition) is 3. The average Bonchev–Trinajstić information content (AvgIpc) is 3.64. The minimum Gasteiger partial charge on any atom is -0.456 e. The number of benzene rings is 8. The Morgan fingerprint density at radius 1 is 0.468 bits per heavy atom. The van der Waals surface area contributed by atoms with Crippen molar-refractivity contribution < 1.29 is 4.42 Å². The lowest BCUT2D eigenvalue weighted by molar-refractivity contribution is 0.590. The minimum atomic E-state index is -0.147. The van der Waals surface area contributed by atoms with Crippen molar-refractivity contribution in [1.82, 2.24) is 0 Å². The third-order valence-corrected chi connectivity index (χ3v) is 13.5. The van der Waals surface area contributed by atoms with Gasteiger partial charge in [0.1, 0.15) is 11.2 Å². The number of nitrogens with zero attached hydrogens (tertiary/aromatic N) is 2. The first-order valence-corrected chi connectivity index (χ1v) is 22.2. The summed E-state index contributed by atoms with van der Waals surface area (Å²) in [5, 5.41) is 4.75. The lowest BCUT2D eigenvalue weighted by Crippen LogP contribution is -2.61. The summed E-state index contributed by atoms with van der Waals surface area (Å²) in [5.74, 6) is 0. The number of hydrogen-bond donors (Lipinski definition) is 0. The SMILES string of the molecule is CC(C)(C)c1ccc(N2B3c4ccc5oc6ccccc6c5c4N(c4ccc(C(C)(C)C)cc4-c4ccccc4)c4cc5ccccc5c(c43)-c3ccc(C(C)(C)C)cc32)cc1. The van der Waals surface area contributed by atoms with Crippen molar-refractivity contribution in [2.24, 2.45) is 0 Å². The van der Waals surface area contributed by atoms with E-state index in [0.29, 0.717) is 0 Å². The lowest BCUT2D eigenvalue weighted by Gasteiger charge is -2.47. The lowest BCUT2D eigenvalue weighted by atomic mass is 9.43. The van der Waals surface area contributed by atoms with Crippen molar-refractivity contribution in [3.05, 3.63) is 174 Å². The van der Waals surface area contributed by atoms with Crippen LogP contribution in [-0.4, -0.2) is 6.85 Å². The highest BCUT2D eigenvalue weighted by Crippen LogP contribution is 2.53. The zero-order chi connectivity index (χ0) is 42.9. The van der Waals surface area contributed by atoms with Gasteiger partial charge in [0.25, 0.3) is 0 Å². The molecule has 8 aromatic carbocycles. The summed E-state index contributed by atoms with van der Waals surface area (Å²) in [7, 11) is 0. The van der Waals surface area contributed by atoms with Gasteiger partial charge in [0.2, 0.25) is 0 Å². The van der Waals surface area contributed by atoms with Crippen LogP contribution in [0, 0.1) is 0 Å². The second-order valence-corrected chi connectivity index (χ2v) is 20.6. The molecule has 0 atom stereocenters. The van der Waals surface area contributed by atoms with Crippen LogP contribution in [0.3, 0.4) is 0 Å². The van der Waals surface area contributed by atoms with Gasteiger partial charge in [-0.15, -0.1) is 0 Å². The van der Waals surface area contributed by atoms with Gasteiger partial charge in [0, 0.05) is 33.6 Å². The standard InChI is InChI=1S/C58H53BN2O/c1-56(2,3)38-23-27-41(28-24-38)61-48-35-40(58(7,8)9)25-29-43(48)52-42-20-14-13-19-37(42)33-49-54(52)59(61)46-30-32-51-53(44-21-15-16-22-50(44)62-51)55(46)60(49)47-31-26-39(57(4,5)6)34-45(47)36-17-11-10-12-18-36/h10-35H,1-9H3. The second kappa shape index (κ2) is 13.5. The van der Waals surface area contributed by atoms with Crippen LogP contribution in [0.15, 0.2) is 162 Å². The molecule has 4 heteroatoms. The number of anilines is 5. The van der Waals surface area contributed by atoms with Gasteiger partial charge in [-0.2, -0.15) is 0 Å². The zero-order valence-electron chi connectivity index (χ0n) is 37.4. The molecule has 0 radical (unpaired) electrons. The van der Waals surface area contributed by atoms with Crippen LogP contribution < -0.4 is 20.6 Å². The normalized spacial score (nSPS) is 13.8. The van der Waals surface area contributed by atoms with Crippen LogP contribution in [0.5, 0.6) is 0 Å². The van der Waals surface area contributed by atoms with E-state index >= 15 is 0 Å². The third-order valence-electron chi connectivity index (χ3n) is 13.5. The van der Waals surface area contributed by atoms with Gasteiger partial charge < -0.3 is 14.1 Å². The first-order chi connectivity index (χ1) is 29.7. The van der Waals surface area contributed by atoms with Crippen molar-refractivity contribution >= 4 is 78.9 Å². The summed E-state index contributed by atoms with van der Waals surface area (Å²) in [6.45, 7) is 20.6. The molecular weight excluding hydrogens is 751 g/mol. The molecule has 0 saturated carbocycles. The van der Waals surface area contributed by atoms with E-state index in [-0.39, 0.29) is 23.1 Å². The first-order valence-electron chi connectivity index (χ1n) is 22.2. The van der Waals surface area contributed by atoms with Gasteiger partial charge in [-0.1, -0.05) is 172 Å². The summed E-state index contributed by atoms with van der Waals surface area (Å²) in [6.07, 6.45) is 0. The fourth-order valence-corrected chi connectivity index (χ4v) is 10.2. The molecule has 0 fully saturated rings. The smallest absolute Gasteiger partial charge is 0.333 e. The zero-order valence-corrected chi connectivity index (χ0v) is 37.4. The van der Waals surface area contributed by atoms with E-state index in [1.807, 2.05) is 0 Å². The van der Waals surface area contributed by atoms with Gasteiger partial charge in [-0.05, 0) is 114 Å². The molecule has 0 spiro atoms. The summed E-state index contributed by atoms with van der Waals surface area (Å²) in [6, 6.07) is 59.4. The highest BCUT2D eigenvalue weighted by molar-refractivity contribution is 6.94. The Labute approximate surface area is 366 Å². The number of para-hydroxylation sites is 1. The number of furan rings is 1. The molecule has 0 amide bonds. The highest BCUT2D eigenvalue weighted by atomic mass is 16.3. The van der Waals surface area contributed by atoms with E-state index in [4.69, 9.17) is 4.42 Å². The second-order valence-electron chi connectivity index (χ2n) is 20.6. The molecule has 0 unspecified atom stereocenters. The van der Waals surface area contributed by atoms with Crippen LogP contribution >= 0.6 is 0 Å². The number of rotatable bonds is 3. The fraction of sp³-hybridized carbons (Fsp3) is 0.207. The van der Waals surface area contributed by atoms with Crippen LogP contribution in [-0.2, 0) is 16.2 Å². The van der Waals surface area contributed by atoms with Crippen LogP contribution in [0.2, 0.25) is 0 Å². The molecule has 0 saturated heterocycles. The molecule has 2 aliphatic heterocycles. The number of fused-ring (bicyclic) bond motifs is 10. The van der Waals surface area contributed by atoms with E-state index in [0.717, 1.165) is 27.6 Å². The van der Waals surface area contributed by atoms with Crippen LogP contribution in [0.25, 0.3) is 55.0 Å². The van der Waals surface area contributed by atoms with E-state index in [1.54, 1.807) is 0 Å². The first kappa shape index (κ1) is 38.4. The molecule has 0 bridgehead atoms. The van der Waals surface area contributed by atoms with Crippen LogP contribution in [0.4, 0.5) is 28.4 Å². The Morgan fingerprint density at radius 2 is 1.10 bits per heavy atom. The maximum Gasteiger partial charge on any atom is 0.333 e. The fourth-order valence-electron chi connectivity index (χ4n) is 10.2. The average molecular weight is 805 g/mol. The summed E-state index contributed by atoms with van der Waals surface area (Å²) < 4.78 is 6.77. The molecule has 1 aromatic heterocycles. The van der Waals surface area contributed by atoms with E-state index in [9.17, 15) is 0 Å². The quantitative estimate of drug-likeness (QED) is 0.166.